The summed E-state index contributed by atoms with van der Waals surface area (Å²) >= 11 is 0. The average Bonchev–Trinajstić information content (AvgIpc) is 2.95. The number of aromatic nitrogens is 2. The second kappa shape index (κ2) is 4.51. The lowest BCUT2D eigenvalue weighted by Gasteiger charge is -2.13. The van der Waals surface area contributed by atoms with Crippen LogP contribution in [0.3, 0.4) is 0 Å². The van der Waals surface area contributed by atoms with Crippen molar-refractivity contribution in [2.45, 2.75) is 20.8 Å². The number of aryl methyl sites for hydroxylation is 4. The van der Waals surface area contributed by atoms with Gasteiger partial charge in [-0.25, -0.2) is 0 Å². The van der Waals surface area contributed by atoms with Crippen LogP contribution in [0.1, 0.15) is 16.8 Å². The Kier molecular flexibility index (Phi) is 2.70. The first-order chi connectivity index (χ1) is 10.6. The van der Waals surface area contributed by atoms with Gasteiger partial charge in [-0.3, -0.25) is 0 Å². The molecular formula is C20H20N2. The highest BCUT2D eigenvalue weighted by molar-refractivity contribution is 6.11. The molecule has 0 fully saturated rings. The van der Waals surface area contributed by atoms with Crippen LogP contribution < -0.4 is 0 Å². The Balaban J connectivity index is 2.28. The fourth-order valence-electron chi connectivity index (χ4n) is 3.62. The maximum atomic E-state index is 2.42. The third-order valence-electron chi connectivity index (χ3n) is 4.78. The molecule has 2 nitrogen and oxygen atoms in total. The summed E-state index contributed by atoms with van der Waals surface area (Å²) in [4.78, 5) is 0. The standard InChI is InChI=1S/C20H20N2/c1-13-8-7-9-14(2)20(13)22-17-11-6-5-10-16(17)19-15(3)21(4)12-18(19)22/h5-12H,1-4H3. The van der Waals surface area contributed by atoms with Crippen molar-refractivity contribution in [3.63, 3.8) is 0 Å². The minimum absolute atomic E-state index is 1.29. The van der Waals surface area contributed by atoms with Crippen LogP contribution >= 0.6 is 0 Å². The van der Waals surface area contributed by atoms with Gasteiger partial charge in [0, 0.05) is 29.7 Å². The first-order valence-corrected chi connectivity index (χ1v) is 7.71. The molecule has 0 aliphatic rings. The van der Waals surface area contributed by atoms with Gasteiger partial charge in [0.2, 0.25) is 0 Å². The van der Waals surface area contributed by atoms with Gasteiger partial charge in [-0.15, -0.1) is 0 Å². The van der Waals surface area contributed by atoms with Crippen molar-refractivity contribution in [1.82, 2.24) is 9.13 Å². The van der Waals surface area contributed by atoms with E-state index < -0.39 is 0 Å². The van der Waals surface area contributed by atoms with Crippen LogP contribution in [0, 0.1) is 20.8 Å². The summed E-state index contributed by atoms with van der Waals surface area (Å²) in [5, 5.41) is 2.69. The fraction of sp³-hybridized carbons (Fsp3) is 0.200. The van der Waals surface area contributed by atoms with Gasteiger partial charge in [-0.05, 0) is 38.0 Å². The van der Waals surface area contributed by atoms with E-state index in [2.05, 4.69) is 85.6 Å². The number of rotatable bonds is 1. The number of para-hydroxylation sites is 2. The van der Waals surface area contributed by atoms with E-state index in [1.807, 2.05) is 0 Å². The lowest BCUT2D eigenvalue weighted by molar-refractivity contribution is 0.886. The van der Waals surface area contributed by atoms with Crippen LogP contribution in [-0.2, 0) is 7.05 Å². The summed E-state index contributed by atoms with van der Waals surface area (Å²) in [6.07, 6.45) is 2.25. The highest BCUT2D eigenvalue weighted by atomic mass is 15.0. The molecule has 2 heteroatoms. The Hall–Kier alpha value is -2.48. The van der Waals surface area contributed by atoms with Crippen molar-refractivity contribution < 1.29 is 0 Å². The Morgan fingerprint density at radius 3 is 2.18 bits per heavy atom. The first kappa shape index (κ1) is 13.2. The lowest BCUT2D eigenvalue weighted by atomic mass is 10.1. The Morgan fingerprint density at radius 2 is 1.45 bits per heavy atom. The van der Waals surface area contributed by atoms with Gasteiger partial charge in [0.25, 0.3) is 0 Å². The summed E-state index contributed by atoms with van der Waals surface area (Å²) in [5.74, 6) is 0. The second-order valence-corrected chi connectivity index (χ2v) is 6.18. The topological polar surface area (TPSA) is 9.86 Å². The molecular weight excluding hydrogens is 268 g/mol. The van der Waals surface area contributed by atoms with E-state index in [1.165, 1.54) is 44.3 Å². The highest BCUT2D eigenvalue weighted by Gasteiger charge is 2.18. The van der Waals surface area contributed by atoms with Crippen molar-refractivity contribution in [2.24, 2.45) is 7.05 Å². The second-order valence-electron chi connectivity index (χ2n) is 6.18. The Bertz CT molecular complexity index is 995. The number of benzene rings is 2. The molecule has 2 aromatic carbocycles. The largest absolute Gasteiger partial charge is 0.352 e. The molecule has 4 rings (SSSR count). The zero-order valence-electron chi connectivity index (χ0n) is 13.5. The quantitative estimate of drug-likeness (QED) is 0.464. The molecule has 0 N–H and O–H groups in total. The summed E-state index contributed by atoms with van der Waals surface area (Å²) < 4.78 is 4.64. The molecule has 0 aliphatic heterocycles. The Labute approximate surface area is 130 Å². The Morgan fingerprint density at radius 1 is 0.773 bits per heavy atom. The van der Waals surface area contributed by atoms with E-state index in [4.69, 9.17) is 0 Å². The number of hydrogen-bond donors (Lipinski definition) is 0. The molecule has 4 aromatic rings. The maximum Gasteiger partial charge on any atom is 0.0720 e. The van der Waals surface area contributed by atoms with Crippen LogP contribution in [-0.4, -0.2) is 9.13 Å². The average molecular weight is 288 g/mol. The molecule has 2 aromatic heterocycles. The third-order valence-corrected chi connectivity index (χ3v) is 4.78. The highest BCUT2D eigenvalue weighted by Crippen LogP contribution is 2.36. The van der Waals surface area contributed by atoms with Crippen LogP contribution in [0.5, 0.6) is 0 Å². The summed E-state index contributed by atoms with van der Waals surface area (Å²) in [7, 11) is 2.12. The molecule has 0 atom stereocenters. The van der Waals surface area contributed by atoms with Gasteiger partial charge in [-0.1, -0.05) is 36.4 Å². The predicted molar refractivity (Wildman–Crippen MR) is 94.0 cm³/mol. The minimum Gasteiger partial charge on any atom is -0.352 e. The molecule has 0 bridgehead atoms. The van der Waals surface area contributed by atoms with Crippen molar-refractivity contribution in [3.8, 4) is 5.69 Å². The van der Waals surface area contributed by atoms with E-state index in [-0.39, 0.29) is 0 Å². The predicted octanol–water partition coefficient (Wildman–Crippen LogP) is 5.05. The van der Waals surface area contributed by atoms with Gasteiger partial charge in [0.15, 0.2) is 0 Å². The summed E-state index contributed by atoms with van der Waals surface area (Å²) in [5.41, 5.74) is 7.82. The van der Waals surface area contributed by atoms with E-state index in [1.54, 1.807) is 0 Å². The van der Waals surface area contributed by atoms with Crippen molar-refractivity contribution in [3.05, 3.63) is 65.5 Å². The first-order valence-electron chi connectivity index (χ1n) is 7.71. The molecule has 110 valence electrons. The number of hydrogen-bond acceptors (Lipinski definition) is 0. The molecule has 0 saturated heterocycles. The van der Waals surface area contributed by atoms with Gasteiger partial charge < -0.3 is 9.13 Å². The zero-order chi connectivity index (χ0) is 15.4. The van der Waals surface area contributed by atoms with E-state index in [0.717, 1.165) is 0 Å². The lowest BCUT2D eigenvalue weighted by Crippen LogP contribution is -1.99. The van der Waals surface area contributed by atoms with E-state index in [0.29, 0.717) is 0 Å². The van der Waals surface area contributed by atoms with Gasteiger partial charge in [0.05, 0.1) is 16.7 Å². The molecule has 0 saturated carbocycles. The third kappa shape index (κ3) is 1.61. The van der Waals surface area contributed by atoms with E-state index in [9.17, 15) is 0 Å². The zero-order valence-corrected chi connectivity index (χ0v) is 13.5. The normalized spacial score (nSPS) is 11.6. The van der Waals surface area contributed by atoms with Gasteiger partial charge in [0.1, 0.15) is 0 Å². The fourth-order valence-corrected chi connectivity index (χ4v) is 3.62. The molecule has 0 amide bonds. The molecule has 0 unspecified atom stereocenters. The number of fused-ring (bicyclic) bond motifs is 3. The molecule has 0 spiro atoms. The van der Waals surface area contributed by atoms with Gasteiger partial charge in [-0.2, -0.15) is 0 Å². The summed E-state index contributed by atoms with van der Waals surface area (Å²) in [6.45, 7) is 6.58. The molecule has 0 aliphatic carbocycles. The van der Waals surface area contributed by atoms with Gasteiger partial charge >= 0.3 is 0 Å². The van der Waals surface area contributed by atoms with Crippen LogP contribution in [0.4, 0.5) is 0 Å². The van der Waals surface area contributed by atoms with Crippen LogP contribution in [0.2, 0.25) is 0 Å². The van der Waals surface area contributed by atoms with Crippen LogP contribution in [0.15, 0.2) is 48.7 Å². The smallest absolute Gasteiger partial charge is 0.0720 e. The monoisotopic (exact) mass is 288 g/mol. The van der Waals surface area contributed by atoms with Crippen molar-refractivity contribution in [2.75, 3.05) is 0 Å². The van der Waals surface area contributed by atoms with Crippen molar-refractivity contribution >= 4 is 21.8 Å². The van der Waals surface area contributed by atoms with Crippen LogP contribution in [0.25, 0.3) is 27.5 Å². The minimum atomic E-state index is 1.29. The van der Waals surface area contributed by atoms with Crippen molar-refractivity contribution in [1.29, 1.82) is 0 Å². The maximum absolute atomic E-state index is 2.42. The molecule has 22 heavy (non-hydrogen) atoms. The molecule has 2 heterocycles. The summed E-state index contributed by atoms with van der Waals surface area (Å²) in [6, 6.07) is 15.2. The molecule has 0 radical (unpaired) electrons. The number of nitrogens with zero attached hydrogens (tertiary/aromatic N) is 2. The van der Waals surface area contributed by atoms with E-state index >= 15 is 0 Å². The SMILES string of the molecule is Cc1cccc(C)c1-n1c2ccccc2c2c(C)n(C)cc21.